The number of carbonyl (C=O) groups is 1. The molecule has 1 saturated heterocycles. The Labute approximate surface area is 234 Å². The van der Waals surface area contributed by atoms with Crippen LogP contribution in [0.25, 0.3) is 21.6 Å². The SMILES string of the molecule is CCOC(=O)[C@H](C)NP(=O)(OC[C@H]1O[C@@H](n2ccc3c(-c4cccs4)ncnc32)[C@H](O)[C@@H]1O)Oc1ccccc1. The average Bonchev–Trinajstić information content (AvgIpc) is 3.69. The van der Waals surface area contributed by atoms with Crippen molar-refractivity contribution in [3.63, 3.8) is 0 Å². The van der Waals surface area contributed by atoms with Gasteiger partial charge in [-0.2, -0.15) is 5.09 Å². The Morgan fingerprint density at radius 1 is 1.18 bits per heavy atom. The van der Waals surface area contributed by atoms with Gasteiger partial charge in [0, 0.05) is 11.6 Å². The van der Waals surface area contributed by atoms with Gasteiger partial charge >= 0.3 is 13.7 Å². The number of fused-ring (bicyclic) bond motifs is 1. The molecule has 0 saturated carbocycles. The average molecular weight is 589 g/mol. The van der Waals surface area contributed by atoms with E-state index in [9.17, 15) is 19.6 Å². The number of aliphatic hydroxyl groups excluding tert-OH is 2. The first kappa shape index (κ1) is 28.4. The summed E-state index contributed by atoms with van der Waals surface area (Å²) in [5.41, 5.74) is 1.26. The van der Waals surface area contributed by atoms with Gasteiger partial charge < -0.3 is 28.8 Å². The Balaban J connectivity index is 1.34. The van der Waals surface area contributed by atoms with Crippen molar-refractivity contribution in [1.29, 1.82) is 0 Å². The largest absolute Gasteiger partial charge is 0.465 e. The molecule has 1 unspecified atom stereocenters. The fraction of sp³-hybridized carbons (Fsp3) is 0.346. The molecule has 4 heterocycles. The maximum absolute atomic E-state index is 13.7. The molecular formula is C26H29N4O8PS. The predicted molar refractivity (Wildman–Crippen MR) is 147 cm³/mol. The van der Waals surface area contributed by atoms with Crippen LogP contribution in [-0.4, -0.2) is 68.3 Å². The van der Waals surface area contributed by atoms with Crippen LogP contribution in [0.3, 0.4) is 0 Å². The first-order valence-corrected chi connectivity index (χ1v) is 15.0. The molecule has 1 fully saturated rings. The summed E-state index contributed by atoms with van der Waals surface area (Å²) in [7, 11) is -4.18. The van der Waals surface area contributed by atoms with E-state index in [0.717, 1.165) is 16.0 Å². The molecule has 12 nitrogen and oxygen atoms in total. The molecule has 0 bridgehead atoms. The van der Waals surface area contributed by atoms with Crippen molar-refractivity contribution in [2.24, 2.45) is 0 Å². The van der Waals surface area contributed by atoms with Crippen LogP contribution >= 0.6 is 19.1 Å². The predicted octanol–water partition coefficient (Wildman–Crippen LogP) is 3.52. The normalized spacial score (nSPS) is 23.1. The number of aromatic nitrogens is 3. The Morgan fingerprint density at radius 3 is 2.70 bits per heavy atom. The van der Waals surface area contributed by atoms with E-state index < -0.39 is 50.9 Å². The monoisotopic (exact) mass is 588 g/mol. The smallest absolute Gasteiger partial charge is 0.459 e. The van der Waals surface area contributed by atoms with Gasteiger partial charge in [0.25, 0.3) is 0 Å². The minimum Gasteiger partial charge on any atom is -0.465 e. The molecule has 1 aliphatic rings. The third-order valence-corrected chi connectivity index (χ3v) is 8.76. The Bertz CT molecular complexity index is 1480. The lowest BCUT2D eigenvalue weighted by Gasteiger charge is -2.24. The van der Waals surface area contributed by atoms with E-state index in [0.29, 0.717) is 5.65 Å². The minimum absolute atomic E-state index is 0.144. The third-order valence-electron chi connectivity index (χ3n) is 6.24. The molecule has 3 aromatic heterocycles. The molecule has 4 aromatic rings. The van der Waals surface area contributed by atoms with E-state index in [1.54, 1.807) is 59.4 Å². The molecule has 0 spiro atoms. The molecule has 1 aromatic carbocycles. The van der Waals surface area contributed by atoms with Gasteiger partial charge in [-0.1, -0.05) is 24.3 Å². The number of hydrogen-bond donors (Lipinski definition) is 3. The molecule has 1 aliphatic heterocycles. The number of ether oxygens (including phenoxy) is 2. The fourth-order valence-corrected chi connectivity index (χ4v) is 6.56. The highest BCUT2D eigenvalue weighted by atomic mass is 32.1. The van der Waals surface area contributed by atoms with Crippen molar-refractivity contribution in [3.05, 3.63) is 66.4 Å². The zero-order valence-corrected chi connectivity index (χ0v) is 23.4. The van der Waals surface area contributed by atoms with Crippen LogP contribution in [-0.2, 0) is 23.4 Å². The number of para-hydroxylation sites is 1. The number of esters is 1. The van der Waals surface area contributed by atoms with Gasteiger partial charge in [0.2, 0.25) is 0 Å². The summed E-state index contributed by atoms with van der Waals surface area (Å²) in [4.78, 5) is 21.9. The van der Waals surface area contributed by atoms with Gasteiger partial charge in [-0.25, -0.2) is 14.5 Å². The number of carbonyl (C=O) groups excluding carboxylic acids is 1. The van der Waals surface area contributed by atoms with Crippen molar-refractivity contribution in [1.82, 2.24) is 19.6 Å². The second kappa shape index (κ2) is 12.1. The molecule has 0 radical (unpaired) electrons. The van der Waals surface area contributed by atoms with Crippen LogP contribution < -0.4 is 9.61 Å². The van der Waals surface area contributed by atoms with Crippen molar-refractivity contribution in [2.75, 3.05) is 13.2 Å². The van der Waals surface area contributed by atoms with E-state index in [4.69, 9.17) is 18.5 Å². The van der Waals surface area contributed by atoms with Crippen molar-refractivity contribution in [3.8, 4) is 16.3 Å². The maximum atomic E-state index is 13.7. The molecule has 0 aliphatic carbocycles. The Morgan fingerprint density at radius 2 is 1.98 bits per heavy atom. The van der Waals surface area contributed by atoms with Gasteiger partial charge in [-0.3, -0.25) is 9.32 Å². The minimum atomic E-state index is -4.18. The number of rotatable bonds is 11. The fourth-order valence-electron chi connectivity index (χ4n) is 4.32. The summed E-state index contributed by atoms with van der Waals surface area (Å²) in [6.07, 6.45) is -1.68. The summed E-state index contributed by atoms with van der Waals surface area (Å²) >= 11 is 1.54. The summed E-state index contributed by atoms with van der Waals surface area (Å²) in [5.74, 6) is -0.403. The topological polar surface area (TPSA) is 154 Å². The van der Waals surface area contributed by atoms with E-state index in [1.807, 2.05) is 23.6 Å². The number of benzene rings is 1. The lowest BCUT2D eigenvalue weighted by Crippen LogP contribution is -2.37. The highest BCUT2D eigenvalue weighted by Crippen LogP contribution is 2.46. The van der Waals surface area contributed by atoms with Crippen molar-refractivity contribution in [2.45, 2.75) is 44.4 Å². The number of nitrogens with one attached hydrogen (secondary N) is 1. The molecule has 0 amide bonds. The van der Waals surface area contributed by atoms with Gasteiger partial charge in [-0.05, 0) is 43.5 Å². The van der Waals surface area contributed by atoms with Crippen LogP contribution in [0.5, 0.6) is 5.75 Å². The zero-order valence-electron chi connectivity index (χ0n) is 21.7. The van der Waals surface area contributed by atoms with Crippen LogP contribution in [0.4, 0.5) is 0 Å². The van der Waals surface area contributed by atoms with Crippen LogP contribution in [0.15, 0.2) is 66.4 Å². The highest BCUT2D eigenvalue weighted by Gasteiger charge is 2.46. The molecule has 14 heteroatoms. The van der Waals surface area contributed by atoms with E-state index in [1.165, 1.54) is 13.3 Å². The molecule has 40 heavy (non-hydrogen) atoms. The lowest BCUT2D eigenvalue weighted by atomic mass is 10.1. The van der Waals surface area contributed by atoms with E-state index in [-0.39, 0.29) is 12.4 Å². The molecule has 212 valence electrons. The van der Waals surface area contributed by atoms with Gasteiger partial charge in [0.1, 0.15) is 42.1 Å². The zero-order chi connectivity index (χ0) is 28.3. The number of thiophene rings is 1. The van der Waals surface area contributed by atoms with E-state index >= 15 is 0 Å². The van der Waals surface area contributed by atoms with Gasteiger partial charge in [-0.15, -0.1) is 11.3 Å². The van der Waals surface area contributed by atoms with Gasteiger partial charge in [0.05, 0.1) is 23.8 Å². The third kappa shape index (κ3) is 5.96. The molecular weight excluding hydrogens is 559 g/mol. The van der Waals surface area contributed by atoms with Crippen LogP contribution in [0.2, 0.25) is 0 Å². The first-order chi connectivity index (χ1) is 19.3. The summed E-state index contributed by atoms with van der Waals surface area (Å²) in [6, 6.07) is 13.0. The lowest BCUT2D eigenvalue weighted by molar-refractivity contribution is -0.144. The molecule has 5 rings (SSSR count). The summed E-state index contributed by atoms with van der Waals surface area (Å²) < 4.78 is 37.6. The summed E-state index contributed by atoms with van der Waals surface area (Å²) in [5, 5.41) is 27.0. The maximum Gasteiger partial charge on any atom is 0.459 e. The number of aliphatic hydroxyl groups is 2. The highest BCUT2D eigenvalue weighted by molar-refractivity contribution is 7.52. The Kier molecular flexibility index (Phi) is 8.62. The standard InChI is InChI=1S/C26H29N4O8PS/c1-3-35-26(33)16(2)29-39(34,38-17-8-5-4-6-9-17)36-14-19-22(31)23(32)25(37-19)30-12-11-18-21(20-10-7-13-40-20)27-15-28-24(18)30/h4-13,15-16,19,22-23,25,31-32H,3,14H2,1-2H3,(H,29,34)/t16-,19+,22+,23+,25+,39?/m0/s1. The molecule has 3 N–H and O–H groups in total. The van der Waals surface area contributed by atoms with Crippen LogP contribution in [0.1, 0.15) is 20.1 Å². The Hall–Kier alpha value is -3.16. The second-order valence-corrected chi connectivity index (χ2v) is 11.6. The number of nitrogens with zero attached hydrogens (tertiary/aromatic N) is 3. The van der Waals surface area contributed by atoms with Crippen LogP contribution in [0, 0.1) is 0 Å². The van der Waals surface area contributed by atoms with Crippen molar-refractivity contribution >= 4 is 36.1 Å². The summed E-state index contributed by atoms with van der Waals surface area (Å²) in [6.45, 7) is 2.85. The molecule has 6 atom stereocenters. The van der Waals surface area contributed by atoms with E-state index in [2.05, 4.69) is 15.1 Å². The van der Waals surface area contributed by atoms with Gasteiger partial charge in [0.15, 0.2) is 6.23 Å². The number of hydrogen-bond acceptors (Lipinski definition) is 11. The second-order valence-electron chi connectivity index (χ2n) is 9.01. The van der Waals surface area contributed by atoms with Crippen molar-refractivity contribution < 1.29 is 38.1 Å². The quantitative estimate of drug-likeness (QED) is 0.174. The first-order valence-electron chi connectivity index (χ1n) is 12.6.